The number of rotatable bonds is 8. The molecule has 2 rings (SSSR count). The monoisotopic (exact) mass is 518 g/mol. The Bertz CT molecular complexity index is 783. The van der Waals surface area contributed by atoms with Crippen LogP contribution in [0.2, 0.25) is 0 Å². The van der Waals surface area contributed by atoms with Crippen molar-refractivity contribution >= 4 is 29.9 Å². The van der Waals surface area contributed by atoms with Gasteiger partial charge in [-0.1, -0.05) is 42.0 Å². The summed E-state index contributed by atoms with van der Waals surface area (Å²) in [5, 5.41) is 6.37. The van der Waals surface area contributed by atoms with E-state index in [1.165, 1.54) is 5.56 Å². The van der Waals surface area contributed by atoms with E-state index in [-0.39, 0.29) is 29.7 Å². The number of guanidine groups is 1. The average molecular weight is 518 g/mol. The van der Waals surface area contributed by atoms with Crippen molar-refractivity contribution in [3.8, 4) is 5.75 Å². The maximum atomic E-state index is 12.6. The van der Waals surface area contributed by atoms with E-state index < -0.39 is 6.61 Å². The highest BCUT2D eigenvalue weighted by Crippen LogP contribution is 2.22. The zero-order valence-corrected chi connectivity index (χ0v) is 19.5. The van der Waals surface area contributed by atoms with E-state index in [2.05, 4.69) is 49.5 Å². The summed E-state index contributed by atoms with van der Waals surface area (Å²) in [6.07, 6.45) is 0. The standard InChI is InChI=1S/C21H28F2N4O.HI/c1-15-5-10-19(28-20(22)23)18(11-15)13-26-21(24-2)25-12-16-6-8-17(9-7-16)14-27(3)4;/h5-11,20H,12-14H2,1-4H3,(H2,24,25,26);1H. The number of nitrogens with one attached hydrogen (secondary N) is 2. The van der Waals surface area contributed by atoms with E-state index in [1.54, 1.807) is 19.2 Å². The molecular formula is C21H29F2IN4O. The Morgan fingerprint density at radius 3 is 2.24 bits per heavy atom. The Kier molecular flexibility index (Phi) is 10.9. The Morgan fingerprint density at radius 2 is 1.66 bits per heavy atom. The van der Waals surface area contributed by atoms with E-state index in [1.807, 2.05) is 27.1 Å². The van der Waals surface area contributed by atoms with Gasteiger partial charge < -0.3 is 20.3 Å². The lowest BCUT2D eigenvalue weighted by molar-refractivity contribution is -0.0504. The molecule has 5 nitrogen and oxygen atoms in total. The van der Waals surface area contributed by atoms with Gasteiger partial charge in [-0.15, -0.1) is 24.0 Å². The fourth-order valence-corrected chi connectivity index (χ4v) is 2.77. The fourth-order valence-electron chi connectivity index (χ4n) is 2.77. The van der Waals surface area contributed by atoms with E-state index in [9.17, 15) is 8.78 Å². The van der Waals surface area contributed by atoms with Crippen molar-refractivity contribution < 1.29 is 13.5 Å². The molecule has 2 aromatic rings. The first kappa shape index (κ1) is 25.1. The lowest BCUT2D eigenvalue weighted by Gasteiger charge is -2.15. The van der Waals surface area contributed by atoms with Gasteiger partial charge >= 0.3 is 6.61 Å². The molecule has 2 N–H and O–H groups in total. The molecular weight excluding hydrogens is 489 g/mol. The van der Waals surface area contributed by atoms with Crippen LogP contribution in [0.5, 0.6) is 5.75 Å². The van der Waals surface area contributed by atoms with Crippen molar-refractivity contribution in [2.24, 2.45) is 4.99 Å². The van der Waals surface area contributed by atoms with Crippen LogP contribution in [0.25, 0.3) is 0 Å². The van der Waals surface area contributed by atoms with Crippen molar-refractivity contribution in [3.63, 3.8) is 0 Å². The normalized spacial score (nSPS) is 11.4. The number of nitrogens with zero attached hydrogens (tertiary/aromatic N) is 2. The topological polar surface area (TPSA) is 48.9 Å². The summed E-state index contributed by atoms with van der Waals surface area (Å²) < 4.78 is 29.8. The predicted octanol–water partition coefficient (Wildman–Crippen LogP) is 4.14. The maximum absolute atomic E-state index is 12.6. The minimum Gasteiger partial charge on any atom is -0.434 e. The van der Waals surface area contributed by atoms with Crippen molar-refractivity contribution in [2.45, 2.75) is 33.2 Å². The van der Waals surface area contributed by atoms with E-state index >= 15 is 0 Å². The lowest BCUT2D eigenvalue weighted by Crippen LogP contribution is -2.36. The van der Waals surface area contributed by atoms with Gasteiger partial charge in [0.15, 0.2) is 5.96 Å². The molecule has 29 heavy (non-hydrogen) atoms. The third-order valence-corrected chi connectivity index (χ3v) is 4.08. The van der Waals surface area contributed by atoms with Crippen LogP contribution in [-0.4, -0.2) is 38.6 Å². The summed E-state index contributed by atoms with van der Waals surface area (Å²) >= 11 is 0. The summed E-state index contributed by atoms with van der Waals surface area (Å²) in [7, 11) is 5.75. The van der Waals surface area contributed by atoms with Crippen LogP contribution >= 0.6 is 24.0 Å². The van der Waals surface area contributed by atoms with Crippen LogP contribution in [-0.2, 0) is 19.6 Å². The molecule has 160 valence electrons. The van der Waals surface area contributed by atoms with Gasteiger partial charge in [0.2, 0.25) is 0 Å². The number of ether oxygens (including phenoxy) is 1. The predicted molar refractivity (Wildman–Crippen MR) is 124 cm³/mol. The van der Waals surface area contributed by atoms with Crippen molar-refractivity contribution in [3.05, 3.63) is 64.7 Å². The zero-order chi connectivity index (χ0) is 20.5. The number of benzene rings is 2. The van der Waals surface area contributed by atoms with E-state index in [0.29, 0.717) is 24.6 Å². The van der Waals surface area contributed by atoms with Gasteiger partial charge in [-0.2, -0.15) is 8.78 Å². The van der Waals surface area contributed by atoms with Gasteiger partial charge in [0, 0.05) is 32.2 Å². The summed E-state index contributed by atoms with van der Waals surface area (Å²) in [6, 6.07) is 13.5. The molecule has 0 amide bonds. The Morgan fingerprint density at radius 1 is 1.03 bits per heavy atom. The molecule has 0 radical (unpaired) electrons. The van der Waals surface area contributed by atoms with E-state index in [0.717, 1.165) is 17.7 Å². The second kappa shape index (κ2) is 12.6. The molecule has 0 bridgehead atoms. The molecule has 0 aliphatic carbocycles. The highest BCUT2D eigenvalue weighted by atomic mass is 127. The Labute approximate surface area is 188 Å². The number of aryl methyl sites for hydroxylation is 1. The zero-order valence-electron chi connectivity index (χ0n) is 17.2. The van der Waals surface area contributed by atoms with E-state index in [4.69, 9.17) is 0 Å². The van der Waals surface area contributed by atoms with Crippen LogP contribution in [0, 0.1) is 6.92 Å². The smallest absolute Gasteiger partial charge is 0.387 e. The second-order valence-corrected chi connectivity index (χ2v) is 6.82. The molecule has 0 atom stereocenters. The van der Waals surface area contributed by atoms with Crippen molar-refractivity contribution in [1.82, 2.24) is 15.5 Å². The number of aliphatic imine (C=N–C) groups is 1. The molecule has 8 heteroatoms. The molecule has 0 fully saturated rings. The Hall–Kier alpha value is -1.94. The fraction of sp³-hybridized carbons (Fsp3) is 0.381. The minimum atomic E-state index is -2.85. The molecule has 0 aliphatic rings. The first-order valence-corrected chi connectivity index (χ1v) is 9.08. The molecule has 2 aromatic carbocycles. The summed E-state index contributed by atoms with van der Waals surface area (Å²) in [6.45, 7) is 0.884. The quantitative estimate of drug-likeness (QED) is 0.314. The van der Waals surface area contributed by atoms with Crippen LogP contribution in [0.15, 0.2) is 47.5 Å². The third kappa shape index (κ3) is 8.95. The number of hydrogen-bond donors (Lipinski definition) is 2. The first-order chi connectivity index (χ1) is 13.4. The van der Waals surface area contributed by atoms with Gasteiger partial charge in [-0.05, 0) is 38.2 Å². The van der Waals surface area contributed by atoms with Crippen LogP contribution in [0.1, 0.15) is 22.3 Å². The molecule has 0 aliphatic heterocycles. The van der Waals surface area contributed by atoms with Crippen molar-refractivity contribution in [2.75, 3.05) is 21.1 Å². The highest BCUT2D eigenvalue weighted by molar-refractivity contribution is 14.0. The third-order valence-electron chi connectivity index (χ3n) is 4.08. The van der Waals surface area contributed by atoms with Crippen LogP contribution in [0.3, 0.4) is 0 Å². The molecule has 0 saturated carbocycles. The van der Waals surface area contributed by atoms with Gasteiger partial charge in [0.1, 0.15) is 5.75 Å². The largest absolute Gasteiger partial charge is 0.434 e. The van der Waals surface area contributed by atoms with Gasteiger partial charge in [0.05, 0.1) is 0 Å². The highest BCUT2D eigenvalue weighted by Gasteiger charge is 2.10. The lowest BCUT2D eigenvalue weighted by atomic mass is 10.1. The summed E-state index contributed by atoms with van der Waals surface area (Å²) in [5.74, 6) is 0.752. The number of hydrogen-bond acceptors (Lipinski definition) is 3. The molecule has 0 saturated heterocycles. The maximum Gasteiger partial charge on any atom is 0.387 e. The van der Waals surface area contributed by atoms with Gasteiger partial charge in [-0.25, -0.2) is 0 Å². The summed E-state index contributed by atoms with van der Waals surface area (Å²) in [5.41, 5.74) is 4.00. The molecule has 0 aromatic heterocycles. The summed E-state index contributed by atoms with van der Waals surface area (Å²) in [4.78, 5) is 6.31. The number of halogens is 3. The minimum absolute atomic E-state index is 0. The molecule has 0 unspecified atom stereocenters. The number of alkyl halides is 2. The molecule has 0 heterocycles. The second-order valence-electron chi connectivity index (χ2n) is 6.82. The van der Waals surface area contributed by atoms with Gasteiger partial charge in [0.25, 0.3) is 0 Å². The van der Waals surface area contributed by atoms with Crippen molar-refractivity contribution in [1.29, 1.82) is 0 Å². The van der Waals surface area contributed by atoms with Crippen LogP contribution < -0.4 is 15.4 Å². The Balaban J connectivity index is 0.00000420. The SMILES string of the molecule is CN=C(NCc1ccc(CN(C)C)cc1)NCc1cc(C)ccc1OC(F)F.I. The first-order valence-electron chi connectivity index (χ1n) is 9.08. The average Bonchev–Trinajstić information content (AvgIpc) is 2.64. The van der Waals surface area contributed by atoms with Crippen LogP contribution in [0.4, 0.5) is 8.78 Å². The van der Waals surface area contributed by atoms with Gasteiger partial charge in [-0.3, -0.25) is 4.99 Å². The molecule has 0 spiro atoms.